The smallest absolute Gasteiger partial charge is 0.131 e. The van der Waals surface area contributed by atoms with Gasteiger partial charge in [0, 0.05) is 25.7 Å². The number of rotatable bonds is 4. The van der Waals surface area contributed by atoms with E-state index in [4.69, 9.17) is 0 Å². The van der Waals surface area contributed by atoms with Crippen LogP contribution in [0.4, 0.5) is 5.69 Å². The average Bonchev–Trinajstić information content (AvgIpc) is 2.18. The van der Waals surface area contributed by atoms with E-state index in [-0.39, 0.29) is 5.78 Å². The molecule has 0 aliphatic carbocycles. The molecule has 0 aromatic heterocycles. The van der Waals surface area contributed by atoms with Gasteiger partial charge in [-0.3, -0.25) is 4.79 Å². The van der Waals surface area contributed by atoms with E-state index in [9.17, 15) is 4.79 Å². The Morgan fingerprint density at radius 3 is 2.60 bits per heavy atom. The molecular weight excluding hydrogens is 186 g/mol. The monoisotopic (exact) mass is 205 g/mol. The normalized spacial score (nSPS) is 10.1. The van der Waals surface area contributed by atoms with Gasteiger partial charge in [-0.15, -0.1) is 0 Å². The SMILES string of the molecule is CC(=O)CCN(C)c1cccc(C)c1C. The molecule has 2 heteroatoms. The molecule has 0 saturated heterocycles. The lowest BCUT2D eigenvalue weighted by Gasteiger charge is -2.21. The summed E-state index contributed by atoms with van der Waals surface area (Å²) in [6, 6.07) is 6.27. The highest BCUT2D eigenvalue weighted by molar-refractivity contribution is 5.76. The number of aryl methyl sites for hydroxylation is 1. The highest BCUT2D eigenvalue weighted by Crippen LogP contribution is 2.21. The van der Waals surface area contributed by atoms with Gasteiger partial charge in [0.2, 0.25) is 0 Å². The van der Waals surface area contributed by atoms with Crippen LogP contribution >= 0.6 is 0 Å². The van der Waals surface area contributed by atoms with Crippen LogP contribution in [0.2, 0.25) is 0 Å². The highest BCUT2D eigenvalue weighted by atomic mass is 16.1. The lowest BCUT2D eigenvalue weighted by atomic mass is 10.1. The van der Waals surface area contributed by atoms with E-state index in [1.165, 1.54) is 16.8 Å². The highest BCUT2D eigenvalue weighted by Gasteiger charge is 2.06. The summed E-state index contributed by atoms with van der Waals surface area (Å²) in [5, 5.41) is 0. The van der Waals surface area contributed by atoms with Crippen molar-refractivity contribution in [2.45, 2.75) is 27.2 Å². The summed E-state index contributed by atoms with van der Waals surface area (Å²) in [5.41, 5.74) is 3.81. The van der Waals surface area contributed by atoms with Crippen LogP contribution in [0.15, 0.2) is 18.2 Å². The molecule has 0 saturated carbocycles. The Bertz CT molecular complexity index is 358. The van der Waals surface area contributed by atoms with Gasteiger partial charge in [-0.2, -0.15) is 0 Å². The van der Waals surface area contributed by atoms with Gasteiger partial charge in [0.25, 0.3) is 0 Å². The first-order valence-electron chi connectivity index (χ1n) is 5.29. The van der Waals surface area contributed by atoms with Crippen LogP contribution in [0, 0.1) is 13.8 Å². The maximum Gasteiger partial charge on any atom is 0.131 e. The Morgan fingerprint density at radius 2 is 2.00 bits per heavy atom. The van der Waals surface area contributed by atoms with Crippen LogP contribution in [0.5, 0.6) is 0 Å². The first-order valence-corrected chi connectivity index (χ1v) is 5.29. The van der Waals surface area contributed by atoms with Crippen LogP contribution in [0.1, 0.15) is 24.5 Å². The summed E-state index contributed by atoms with van der Waals surface area (Å²) in [5.74, 6) is 0.243. The third-order valence-corrected chi connectivity index (χ3v) is 2.79. The van der Waals surface area contributed by atoms with Crippen LogP contribution < -0.4 is 4.90 Å². The second-order valence-electron chi connectivity index (χ2n) is 4.09. The van der Waals surface area contributed by atoms with Gasteiger partial charge in [-0.25, -0.2) is 0 Å². The number of carbonyl (C=O) groups excluding carboxylic acids is 1. The molecule has 0 N–H and O–H groups in total. The Hall–Kier alpha value is -1.31. The molecule has 0 heterocycles. The van der Waals surface area contributed by atoms with Gasteiger partial charge >= 0.3 is 0 Å². The Kier molecular flexibility index (Phi) is 3.89. The Labute approximate surface area is 91.9 Å². The van der Waals surface area contributed by atoms with Crippen molar-refractivity contribution in [1.29, 1.82) is 0 Å². The number of Topliss-reactive ketones (excluding diaryl/α,β-unsaturated/α-hetero) is 1. The van der Waals surface area contributed by atoms with Crippen molar-refractivity contribution >= 4 is 11.5 Å². The standard InChI is InChI=1S/C13H19NO/c1-10-6-5-7-13(12(10)3)14(4)9-8-11(2)15/h5-7H,8-9H2,1-4H3. The largest absolute Gasteiger partial charge is 0.374 e. The van der Waals surface area contributed by atoms with Crippen LogP contribution in [-0.2, 0) is 4.79 Å². The molecule has 0 aliphatic rings. The maximum absolute atomic E-state index is 10.9. The molecule has 0 radical (unpaired) electrons. The first-order chi connectivity index (χ1) is 7.02. The van der Waals surface area contributed by atoms with Crippen molar-refractivity contribution in [3.05, 3.63) is 29.3 Å². The fourth-order valence-corrected chi connectivity index (χ4v) is 1.59. The van der Waals surface area contributed by atoms with E-state index in [2.05, 4.69) is 36.9 Å². The minimum absolute atomic E-state index is 0.243. The van der Waals surface area contributed by atoms with Gasteiger partial charge in [-0.05, 0) is 38.0 Å². The van der Waals surface area contributed by atoms with E-state index in [1.54, 1.807) is 6.92 Å². The van der Waals surface area contributed by atoms with Crippen LogP contribution in [0.3, 0.4) is 0 Å². The van der Waals surface area contributed by atoms with Gasteiger partial charge < -0.3 is 4.90 Å². The fraction of sp³-hybridized carbons (Fsp3) is 0.462. The van der Waals surface area contributed by atoms with Crippen molar-refractivity contribution in [2.24, 2.45) is 0 Å². The molecule has 0 aliphatic heterocycles. The second-order valence-corrected chi connectivity index (χ2v) is 4.09. The van der Waals surface area contributed by atoms with E-state index in [1.807, 2.05) is 7.05 Å². The summed E-state index contributed by atoms with van der Waals surface area (Å²) in [6.45, 7) is 6.66. The summed E-state index contributed by atoms with van der Waals surface area (Å²) >= 11 is 0. The predicted molar refractivity (Wildman–Crippen MR) is 64.5 cm³/mol. The summed E-state index contributed by atoms with van der Waals surface area (Å²) in [6.07, 6.45) is 0.615. The molecule has 82 valence electrons. The van der Waals surface area contributed by atoms with Crippen molar-refractivity contribution in [2.75, 3.05) is 18.5 Å². The van der Waals surface area contributed by atoms with E-state index in [0.29, 0.717) is 6.42 Å². The van der Waals surface area contributed by atoms with Gasteiger partial charge in [0.15, 0.2) is 0 Å². The molecule has 0 unspecified atom stereocenters. The van der Waals surface area contributed by atoms with Crippen molar-refractivity contribution < 1.29 is 4.79 Å². The van der Waals surface area contributed by atoms with Gasteiger partial charge in [0.1, 0.15) is 5.78 Å². The van der Waals surface area contributed by atoms with Gasteiger partial charge in [0.05, 0.1) is 0 Å². The molecule has 1 aromatic rings. The lowest BCUT2D eigenvalue weighted by molar-refractivity contribution is -0.116. The van der Waals surface area contributed by atoms with Crippen molar-refractivity contribution in [3.63, 3.8) is 0 Å². The van der Waals surface area contributed by atoms with E-state index >= 15 is 0 Å². The Balaban J connectivity index is 2.77. The zero-order chi connectivity index (χ0) is 11.4. The molecular formula is C13H19NO. The van der Waals surface area contributed by atoms with Crippen LogP contribution in [0.25, 0.3) is 0 Å². The fourth-order valence-electron chi connectivity index (χ4n) is 1.59. The molecule has 15 heavy (non-hydrogen) atoms. The van der Waals surface area contributed by atoms with E-state index < -0.39 is 0 Å². The minimum atomic E-state index is 0.243. The minimum Gasteiger partial charge on any atom is -0.374 e. The first kappa shape index (κ1) is 11.8. The van der Waals surface area contributed by atoms with Crippen molar-refractivity contribution in [1.82, 2.24) is 0 Å². The second kappa shape index (κ2) is 4.96. The molecule has 2 nitrogen and oxygen atoms in total. The lowest BCUT2D eigenvalue weighted by Crippen LogP contribution is -2.21. The Morgan fingerprint density at radius 1 is 1.33 bits per heavy atom. The van der Waals surface area contributed by atoms with E-state index in [0.717, 1.165) is 6.54 Å². The third-order valence-electron chi connectivity index (χ3n) is 2.79. The van der Waals surface area contributed by atoms with Gasteiger partial charge in [-0.1, -0.05) is 12.1 Å². The summed E-state index contributed by atoms with van der Waals surface area (Å²) in [4.78, 5) is 13.0. The maximum atomic E-state index is 10.9. The number of ketones is 1. The number of hydrogen-bond acceptors (Lipinski definition) is 2. The molecule has 0 spiro atoms. The molecule has 0 fully saturated rings. The molecule has 0 bridgehead atoms. The summed E-state index contributed by atoms with van der Waals surface area (Å²) < 4.78 is 0. The topological polar surface area (TPSA) is 20.3 Å². The molecule has 1 aromatic carbocycles. The zero-order valence-electron chi connectivity index (χ0n) is 10.0. The number of nitrogens with zero attached hydrogens (tertiary/aromatic N) is 1. The molecule has 0 atom stereocenters. The quantitative estimate of drug-likeness (QED) is 0.753. The predicted octanol–water partition coefficient (Wildman–Crippen LogP) is 2.72. The average molecular weight is 205 g/mol. The zero-order valence-corrected chi connectivity index (χ0v) is 10.0. The third kappa shape index (κ3) is 3.08. The number of anilines is 1. The molecule has 0 amide bonds. The number of carbonyl (C=O) groups is 1. The van der Waals surface area contributed by atoms with Crippen molar-refractivity contribution in [3.8, 4) is 0 Å². The number of hydrogen-bond donors (Lipinski definition) is 0. The molecule has 1 rings (SSSR count). The van der Waals surface area contributed by atoms with Crippen LogP contribution in [-0.4, -0.2) is 19.4 Å². The summed E-state index contributed by atoms with van der Waals surface area (Å²) in [7, 11) is 2.03. The number of benzene rings is 1.